The SMILES string of the molecule is CC(CC(=O)CC1CCOCC1)C(C)(C)C. The van der Waals surface area contributed by atoms with Crippen molar-refractivity contribution in [2.45, 2.75) is 53.4 Å². The summed E-state index contributed by atoms with van der Waals surface area (Å²) in [6, 6.07) is 0. The van der Waals surface area contributed by atoms with Crippen molar-refractivity contribution in [1.82, 2.24) is 0 Å². The molecule has 0 aliphatic carbocycles. The highest BCUT2D eigenvalue weighted by Crippen LogP contribution is 2.29. The number of ketones is 1. The van der Waals surface area contributed by atoms with Crippen molar-refractivity contribution >= 4 is 5.78 Å². The van der Waals surface area contributed by atoms with Crippen molar-refractivity contribution in [3.8, 4) is 0 Å². The van der Waals surface area contributed by atoms with E-state index in [1.807, 2.05) is 0 Å². The van der Waals surface area contributed by atoms with Gasteiger partial charge in [-0.2, -0.15) is 0 Å². The Bertz CT molecular complexity index is 221. The zero-order valence-electron chi connectivity index (χ0n) is 11.2. The molecular weight excluding hydrogens is 200 g/mol. The van der Waals surface area contributed by atoms with Crippen molar-refractivity contribution in [2.24, 2.45) is 17.3 Å². The predicted molar refractivity (Wildman–Crippen MR) is 66.4 cm³/mol. The van der Waals surface area contributed by atoms with Gasteiger partial charge in [-0.3, -0.25) is 4.79 Å². The van der Waals surface area contributed by atoms with E-state index >= 15 is 0 Å². The number of rotatable bonds is 4. The van der Waals surface area contributed by atoms with Crippen molar-refractivity contribution < 1.29 is 9.53 Å². The van der Waals surface area contributed by atoms with Gasteiger partial charge in [-0.1, -0.05) is 27.7 Å². The maximum atomic E-state index is 11.9. The molecule has 0 aromatic heterocycles. The first-order chi connectivity index (χ1) is 7.39. The van der Waals surface area contributed by atoms with Crippen LogP contribution in [0.25, 0.3) is 0 Å². The lowest BCUT2D eigenvalue weighted by molar-refractivity contribution is -0.122. The highest BCUT2D eigenvalue weighted by molar-refractivity contribution is 5.78. The zero-order valence-corrected chi connectivity index (χ0v) is 11.2. The molecule has 0 aromatic rings. The molecule has 0 radical (unpaired) electrons. The van der Waals surface area contributed by atoms with E-state index in [0.717, 1.165) is 38.9 Å². The van der Waals surface area contributed by atoms with Crippen LogP contribution in [0.2, 0.25) is 0 Å². The first kappa shape index (κ1) is 13.7. The molecule has 0 aromatic carbocycles. The van der Waals surface area contributed by atoms with E-state index in [4.69, 9.17) is 4.74 Å². The van der Waals surface area contributed by atoms with E-state index in [1.165, 1.54) is 0 Å². The number of carbonyl (C=O) groups excluding carboxylic acids is 1. The molecule has 0 N–H and O–H groups in total. The van der Waals surface area contributed by atoms with Crippen molar-refractivity contribution in [3.05, 3.63) is 0 Å². The maximum absolute atomic E-state index is 11.9. The molecule has 1 atom stereocenters. The van der Waals surface area contributed by atoms with Crippen molar-refractivity contribution in [3.63, 3.8) is 0 Å². The van der Waals surface area contributed by atoms with Crippen LogP contribution in [0.1, 0.15) is 53.4 Å². The lowest BCUT2D eigenvalue weighted by atomic mass is 9.78. The van der Waals surface area contributed by atoms with Crippen LogP contribution in [0.15, 0.2) is 0 Å². The van der Waals surface area contributed by atoms with Crippen LogP contribution in [0.5, 0.6) is 0 Å². The molecule has 0 saturated carbocycles. The molecule has 1 heterocycles. The third-order valence-electron chi connectivity index (χ3n) is 3.87. The molecule has 2 nitrogen and oxygen atoms in total. The summed E-state index contributed by atoms with van der Waals surface area (Å²) in [6.45, 7) is 10.5. The summed E-state index contributed by atoms with van der Waals surface area (Å²) >= 11 is 0. The predicted octanol–water partition coefficient (Wildman–Crippen LogP) is 3.44. The summed E-state index contributed by atoms with van der Waals surface area (Å²) in [7, 11) is 0. The van der Waals surface area contributed by atoms with Crippen LogP contribution < -0.4 is 0 Å². The Morgan fingerprint density at radius 1 is 1.31 bits per heavy atom. The topological polar surface area (TPSA) is 26.3 Å². The summed E-state index contributed by atoms with van der Waals surface area (Å²) in [5, 5.41) is 0. The summed E-state index contributed by atoms with van der Waals surface area (Å²) in [5.74, 6) is 1.49. The third kappa shape index (κ3) is 4.65. The van der Waals surface area contributed by atoms with E-state index in [0.29, 0.717) is 17.6 Å². The standard InChI is InChI=1S/C14H26O2/c1-11(14(2,3)4)9-13(15)10-12-5-7-16-8-6-12/h11-12H,5-10H2,1-4H3. The van der Waals surface area contributed by atoms with Gasteiger partial charge >= 0.3 is 0 Å². The molecule has 1 aliphatic heterocycles. The normalized spacial score (nSPS) is 20.8. The Kier molecular flexibility index (Phi) is 4.97. The van der Waals surface area contributed by atoms with Crippen LogP contribution in [-0.4, -0.2) is 19.0 Å². The van der Waals surface area contributed by atoms with Crippen molar-refractivity contribution in [2.75, 3.05) is 13.2 Å². The molecule has 2 heteroatoms. The number of carbonyl (C=O) groups is 1. The third-order valence-corrected chi connectivity index (χ3v) is 3.87. The van der Waals surface area contributed by atoms with Gasteiger partial charge in [0, 0.05) is 26.1 Å². The van der Waals surface area contributed by atoms with E-state index in [-0.39, 0.29) is 5.41 Å². The fraction of sp³-hybridized carbons (Fsp3) is 0.929. The molecule has 1 fully saturated rings. The smallest absolute Gasteiger partial charge is 0.133 e. The molecule has 1 aliphatic rings. The van der Waals surface area contributed by atoms with E-state index in [9.17, 15) is 4.79 Å². The van der Waals surface area contributed by atoms with Crippen LogP contribution in [0.3, 0.4) is 0 Å². The average molecular weight is 226 g/mol. The van der Waals surface area contributed by atoms with Crippen LogP contribution in [0.4, 0.5) is 0 Å². The Labute approximate surface area is 99.8 Å². The van der Waals surface area contributed by atoms with Gasteiger partial charge < -0.3 is 4.74 Å². The van der Waals surface area contributed by atoms with E-state index in [1.54, 1.807) is 0 Å². The number of Topliss-reactive ketones (excluding diaryl/α,β-unsaturated/α-hetero) is 1. The summed E-state index contributed by atoms with van der Waals surface area (Å²) in [4.78, 5) is 11.9. The lowest BCUT2D eigenvalue weighted by Gasteiger charge is -2.27. The first-order valence-electron chi connectivity index (χ1n) is 6.49. The second-order valence-electron chi connectivity index (χ2n) is 6.27. The van der Waals surface area contributed by atoms with Gasteiger partial charge in [-0.05, 0) is 30.1 Å². The molecule has 0 amide bonds. The van der Waals surface area contributed by atoms with Crippen LogP contribution in [-0.2, 0) is 9.53 Å². The second-order valence-corrected chi connectivity index (χ2v) is 6.27. The number of hydrogen-bond donors (Lipinski definition) is 0. The maximum Gasteiger partial charge on any atom is 0.133 e. The van der Waals surface area contributed by atoms with Crippen molar-refractivity contribution in [1.29, 1.82) is 0 Å². The molecule has 0 bridgehead atoms. The van der Waals surface area contributed by atoms with E-state index < -0.39 is 0 Å². The minimum absolute atomic E-state index is 0.241. The zero-order chi connectivity index (χ0) is 12.2. The minimum Gasteiger partial charge on any atom is -0.381 e. The van der Waals surface area contributed by atoms with Gasteiger partial charge in [0.2, 0.25) is 0 Å². The number of ether oxygens (including phenoxy) is 1. The first-order valence-corrected chi connectivity index (χ1v) is 6.49. The van der Waals surface area contributed by atoms with Gasteiger partial charge in [-0.25, -0.2) is 0 Å². The van der Waals surface area contributed by atoms with Crippen LogP contribution in [0, 0.1) is 17.3 Å². The highest BCUT2D eigenvalue weighted by atomic mass is 16.5. The largest absolute Gasteiger partial charge is 0.381 e. The average Bonchev–Trinajstić information content (AvgIpc) is 2.17. The van der Waals surface area contributed by atoms with Crippen LogP contribution >= 0.6 is 0 Å². The summed E-state index contributed by atoms with van der Waals surface area (Å²) in [5.41, 5.74) is 0.241. The Morgan fingerprint density at radius 3 is 2.38 bits per heavy atom. The Hall–Kier alpha value is -0.370. The molecular formula is C14H26O2. The van der Waals surface area contributed by atoms with Gasteiger partial charge in [0.25, 0.3) is 0 Å². The summed E-state index contributed by atoms with van der Waals surface area (Å²) in [6.07, 6.45) is 3.63. The summed E-state index contributed by atoms with van der Waals surface area (Å²) < 4.78 is 5.31. The van der Waals surface area contributed by atoms with Gasteiger partial charge in [0.05, 0.1) is 0 Å². The molecule has 1 rings (SSSR count). The molecule has 0 spiro atoms. The second kappa shape index (κ2) is 5.81. The molecule has 94 valence electrons. The minimum atomic E-state index is 0.241. The monoisotopic (exact) mass is 226 g/mol. The van der Waals surface area contributed by atoms with Gasteiger partial charge in [0.15, 0.2) is 0 Å². The number of hydrogen-bond acceptors (Lipinski definition) is 2. The lowest BCUT2D eigenvalue weighted by Crippen LogP contribution is -2.23. The van der Waals surface area contributed by atoms with Gasteiger partial charge in [0.1, 0.15) is 5.78 Å². The highest BCUT2D eigenvalue weighted by Gasteiger charge is 2.24. The molecule has 1 unspecified atom stereocenters. The quantitative estimate of drug-likeness (QED) is 0.734. The van der Waals surface area contributed by atoms with Gasteiger partial charge in [-0.15, -0.1) is 0 Å². The van der Waals surface area contributed by atoms with E-state index in [2.05, 4.69) is 27.7 Å². The Morgan fingerprint density at radius 2 is 1.88 bits per heavy atom. The Balaban J connectivity index is 2.29. The fourth-order valence-electron chi connectivity index (χ4n) is 2.00. The molecule has 1 saturated heterocycles. The fourth-order valence-corrected chi connectivity index (χ4v) is 2.00. The molecule has 16 heavy (non-hydrogen) atoms.